The smallest absolute Gasteiger partial charge is 0.225 e. The monoisotopic (exact) mass is 418 g/mol. The number of nitrogens with zero attached hydrogens (tertiary/aromatic N) is 4. The van der Waals surface area contributed by atoms with Gasteiger partial charge in [-0.3, -0.25) is 9.48 Å². The number of nitrogens with one attached hydrogen (secondary N) is 2. The molecule has 9 heteroatoms. The molecule has 0 bridgehead atoms. The Morgan fingerprint density at radius 3 is 2.79 bits per heavy atom. The Morgan fingerprint density at radius 1 is 1.28 bits per heavy atom. The van der Waals surface area contributed by atoms with Crippen molar-refractivity contribution in [2.75, 3.05) is 19.6 Å². The Labute approximate surface area is 174 Å². The van der Waals surface area contributed by atoms with Crippen molar-refractivity contribution < 1.29 is 9.18 Å². The Bertz CT molecular complexity index is 954. The van der Waals surface area contributed by atoms with Crippen LogP contribution in [0, 0.1) is 11.7 Å². The second-order valence-corrected chi connectivity index (χ2v) is 7.09. The molecule has 1 aromatic carbocycles. The highest BCUT2D eigenvalue weighted by Gasteiger charge is 2.34. The predicted molar refractivity (Wildman–Crippen MR) is 110 cm³/mol. The van der Waals surface area contributed by atoms with Crippen LogP contribution in [0.2, 0.25) is 0 Å². The van der Waals surface area contributed by atoms with E-state index in [-0.39, 0.29) is 36.0 Å². The van der Waals surface area contributed by atoms with Gasteiger partial charge in [0.15, 0.2) is 0 Å². The number of aryl methyl sites for hydroxylation is 1. The minimum absolute atomic E-state index is 0. The van der Waals surface area contributed by atoms with Crippen LogP contribution in [-0.4, -0.2) is 45.1 Å². The highest BCUT2D eigenvalue weighted by atomic mass is 35.5. The summed E-state index contributed by atoms with van der Waals surface area (Å²) < 4.78 is 16.5. The molecule has 29 heavy (non-hydrogen) atoms. The first-order valence-electron chi connectivity index (χ1n) is 9.37. The Balaban J connectivity index is 0.00000240. The summed E-state index contributed by atoms with van der Waals surface area (Å²) in [4.78, 5) is 12.6. The largest absolute Gasteiger partial charge is 0.355 e. The van der Waals surface area contributed by atoms with Crippen molar-refractivity contribution in [3.63, 3.8) is 0 Å². The zero-order chi connectivity index (χ0) is 19.5. The van der Waals surface area contributed by atoms with Gasteiger partial charge in [0, 0.05) is 51.4 Å². The van der Waals surface area contributed by atoms with E-state index < -0.39 is 0 Å². The molecular weight excluding hydrogens is 395 g/mol. The summed E-state index contributed by atoms with van der Waals surface area (Å²) in [6.45, 7) is 1.98. The van der Waals surface area contributed by atoms with Crippen LogP contribution >= 0.6 is 12.4 Å². The van der Waals surface area contributed by atoms with Crippen LogP contribution in [0.4, 0.5) is 4.39 Å². The third kappa shape index (κ3) is 4.83. The van der Waals surface area contributed by atoms with E-state index in [0.717, 1.165) is 23.5 Å². The normalized spacial score (nSPS) is 18.4. The highest BCUT2D eigenvalue weighted by Crippen LogP contribution is 2.27. The van der Waals surface area contributed by atoms with Gasteiger partial charge in [0.25, 0.3) is 0 Å². The van der Waals surface area contributed by atoms with Crippen molar-refractivity contribution in [2.24, 2.45) is 13.0 Å². The second-order valence-electron chi connectivity index (χ2n) is 7.09. The number of carbonyl (C=O) groups excluding carboxylic acids is 1. The predicted octanol–water partition coefficient (Wildman–Crippen LogP) is 1.83. The van der Waals surface area contributed by atoms with Crippen LogP contribution in [0.5, 0.6) is 0 Å². The Kier molecular flexibility index (Phi) is 6.66. The first-order chi connectivity index (χ1) is 13.6. The average Bonchev–Trinajstić information content (AvgIpc) is 3.42. The van der Waals surface area contributed by atoms with Gasteiger partial charge in [-0.15, -0.1) is 12.4 Å². The van der Waals surface area contributed by atoms with Gasteiger partial charge in [0.1, 0.15) is 5.82 Å². The number of halogens is 2. The van der Waals surface area contributed by atoms with Crippen LogP contribution in [0.25, 0.3) is 5.69 Å². The number of benzene rings is 1. The molecule has 1 amide bonds. The van der Waals surface area contributed by atoms with Gasteiger partial charge in [-0.05, 0) is 35.9 Å². The molecule has 2 N–H and O–H groups in total. The molecular formula is C20H24ClFN6O. The SMILES string of the molecule is Cl.Cn1cc([C@H]2CNC[C@@H]2C(=O)NCCc2ccn(-c3ccc(F)cc3)n2)cn1. The van der Waals surface area contributed by atoms with Crippen LogP contribution in [0.3, 0.4) is 0 Å². The zero-order valence-corrected chi connectivity index (χ0v) is 16.9. The molecule has 1 aliphatic rings. The van der Waals surface area contributed by atoms with Crippen molar-refractivity contribution in [1.82, 2.24) is 30.2 Å². The van der Waals surface area contributed by atoms with E-state index in [0.29, 0.717) is 19.5 Å². The molecule has 1 fully saturated rings. The van der Waals surface area contributed by atoms with Gasteiger partial charge in [0.05, 0.1) is 23.5 Å². The van der Waals surface area contributed by atoms with Crippen molar-refractivity contribution in [3.8, 4) is 5.69 Å². The lowest BCUT2D eigenvalue weighted by Crippen LogP contribution is -2.35. The molecule has 154 valence electrons. The topological polar surface area (TPSA) is 76.8 Å². The van der Waals surface area contributed by atoms with Crippen molar-refractivity contribution in [1.29, 1.82) is 0 Å². The molecule has 3 aromatic rings. The van der Waals surface area contributed by atoms with Gasteiger partial charge >= 0.3 is 0 Å². The quantitative estimate of drug-likeness (QED) is 0.640. The lowest BCUT2D eigenvalue weighted by atomic mass is 9.90. The minimum atomic E-state index is -0.273. The molecule has 1 aliphatic heterocycles. The number of hydrogen-bond donors (Lipinski definition) is 2. The number of carbonyl (C=O) groups is 1. The molecule has 2 aromatic heterocycles. The molecule has 7 nitrogen and oxygen atoms in total. The fraction of sp³-hybridized carbons (Fsp3) is 0.350. The standard InChI is InChI=1S/C20H23FN6O.ClH/c1-26-13-14(10-24-26)18-11-22-12-19(18)20(28)23-8-6-16-7-9-27(25-16)17-4-2-15(21)3-5-17;/h2-5,7,9-10,13,18-19,22H,6,8,11-12H2,1H3,(H,23,28);1H/t18-,19+;/m1./s1. The van der Waals surface area contributed by atoms with E-state index >= 15 is 0 Å². The molecule has 3 heterocycles. The van der Waals surface area contributed by atoms with E-state index in [1.165, 1.54) is 12.1 Å². The highest BCUT2D eigenvalue weighted by molar-refractivity contribution is 5.85. The lowest BCUT2D eigenvalue weighted by Gasteiger charge is -2.16. The maximum absolute atomic E-state index is 13.0. The fourth-order valence-electron chi connectivity index (χ4n) is 3.61. The van der Waals surface area contributed by atoms with E-state index in [1.54, 1.807) is 21.5 Å². The summed E-state index contributed by atoms with van der Waals surface area (Å²) in [5.74, 6) is -0.172. The maximum atomic E-state index is 13.0. The van der Waals surface area contributed by atoms with Crippen molar-refractivity contribution >= 4 is 18.3 Å². The fourth-order valence-corrected chi connectivity index (χ4v) is 3.61. The number of rotatable bonds is 6. The van der Waals surface area contributed by atoms with E-state index in [4.69, 9.17) is 0 Å². The minimum Gasteiger partial charge on any atom is -0.355 e. The van der Waals surface area contributed by atoms with Gasteiger partial charge < -0.3 is 10.6 Å². The summed E-state index contributed by atoms with van der Waals surface area (Å²) in [5.41, 5.74) is 2.76. The Morgan fingerprint density at radius 2 is 2.07 bits per heavy atom. The molecule has 2 atom stereocenters. The number of amides is 1. The molecule has 0 radical (unpaired) electrons. The van der Waals surface area contributed by atoms with Gasteiger partial charge in [-0.1, -0.05) is 0 Å². The van der Waals surface area contributed by atoms with Crippen LogP contribution in [0.1, 0.15) is 17.2 Å². The van der Waals surface area contributed by atoms with Gasteiger partial charge in [0.2, 0.25) is 5.91 Å². The third-order valence-corrected chi connectivity index (χ3v) is 5.12. The molecule has 0 spiro atoms. The summed E-state index contributed by atoms with van der Waals surface area (Å²) in [6.07, 6.45) is 6.28. The van der Waals surface area contributed by atoms with Crippen LogP contribution in [0.15, 0.2) is 48.9 Å². The van der Waals surface area contributed by atoms with Gasteiger partial charge in [-0.25, -0.2) is 9.07 Å². The lowest BCUT2D eigenvalue weighted by molar-refractivity contribution is -0.124. The van der Waals surface area contributed by atoms with Crippen molar-refractivity contribution in [3.05, 3.63) is 66.0 Å². The number of aromatic nitrogens is 4. The first-order valence-corrected chi connectivity index (χ1v) is 9.37. The molecule has 0 saturated carbocycles. The van der Waals surface area contributed by atoms with Crippen LogP contribution < -0.4 is 10.6 Å². The zero-order valence-electron chi connectivity index (χ0n) is 16.1. The first kappa shape index (κ1) is 21.0. The van der Waals surface area contributed by atoms with E-state index in [2.05, 4.69) is 20.8 Å². The molecule has 1 saturated heterocycles. The molecule has 4 rings (SSSR count). The summed E-state index contributed by atoms with van der Waals surface area (Å²) >= 11 is 0. The molecule has 0 aliphatic carbocycles. The average molecular weight is 419 g/mol. The molecule has 0 unspecified atom stereocenters. The third-order valence-electron chi connectivity index (χ3n) is 5.12. The van der Waals surface area contributed by atoms with Crippen molar-refractivity contribution in [2.45, 2.75) is 12.3 Å². The number of hydrogen-bond acceptors (Lipinski definition) is 4. The summed E-state index contributed by atoms with van der Waals surface area (Å²) in [7, 11) is 1.88. The summed E-state index contributed by atoms with van der Waals surface area (Å²) in [5, 5.41) is 15.0. The van der Waals surface area contributed by atoms with Gasteiger partial charge in [-0.2, -0.15) is 10.2 Å². The maximum Gasteiger partial charge on any atom is 0.225 e. The van der Waals surface area contributed by atoms with E-state index in [9.17, 15) is 9.18 Å². The van der Waals surface area contributed by atoms with Crippen LogP contribution in [-0.2, 0) is 18.3 Å². The van der Waals surface area contributed by atoms with E-state index in [1.807, 2.05) is 31.7 Å². The second kappa shape index (κ2) is 9.19. The Hall–Kier alpha value is -2.71. The summed E-state index contributed by atoms with van der Waals surface area (Å²) in [6, 6.07) is 8.08.